The maximum Gasteiger partial charge on any atom is 0.184 e. The summed E-state index contributed by atoms with van der Waals surface area (Å²) in [7, 11) is 0. The Hall–Kier alpha value is -1.62. The minimum absolute atomic E-state index is 0.171. The maximum absolute atomic E-state index is 5.29. The van der Waals surface area contributed by atoms with Gasteiger partial charge in [0, 0.05) is 18.8 Å². The number of benzene rings is 1. The molecule has 0 radical (unpaired) electrons. The zero-order valence-corrected chi connectivity index (χ0v) is 12.4. The normalized spacial score (nSPS) is 10.6. The van der Waals surface area contributed by atoms with Crippen LogP contribution in [0.15, 0.2) is 29.4 Å². The molecule has 0 aromatic heterocycles. The zero-order valence-electron chi connectivity index (χ0n) is 11.6. The third kappa shape index (κ3) is 5.70. The summed E-state index contributed by atoms with van der Waals surface area (Å²) in [5.74, 6) is 0. The van der Waals surface area contributed by atoms with Gasteiger partial charge in [0.2, 0.25) is 0 Å². The summed E-state index contributed by atoms with van der Waals surface area (Å²) < 4.78 is 0. The highest BCUT2D eigenvalue weighted by molar-refractivity contribution is 7.80. The zero-order chi connectivity index (χ0) is 14.1. The topological polar surface area (TPSA) is 53.6 Å². The molecule has 0 amide bonds. The fourth-order valence-electron chi connectivity index (χ4n) is 1.85. The molecule has 0 saturated carbocycles. The summed E-state index contributed by atoms with van der Waals surface area (Å²) in [4.78, 5) is 2.40. The van der Waals surface area contributed by atoms with Crippen molar-refractivity contribution < 1.29 is 0 Å². The molecule has 4 nitrogen and oxygen atoms in total. The number of nitrogens with two attached hydrogens (primary N) is 1. The highest BCUT2D eigenvalue weighted by Gasteiger charge is 2.03. The minimum Gasteiger partial charge on any atom is -0.375 e. The Morgan fingerprint density at radius 2 is 1.84 bits per heavy atom. The van der Waals surface area contributed by atoms with Gasteiger partial charge in [-0.3, -0.25) is 5.43 Å². The molecule has 19 heavy (non-hydrogen) atoms. The van der Waals surface area contributed by atoms with Crippen molar-refractivity contribution in [3.05, 3.63) is 29.8 Å². The highest BCUT2D eigenvalue weighted by atomic mass is 32.1. The number of hydrogen-bond donors (Lipinski definition) is 2. The van der Waals surface area contributed by atoms with Crippen molar-refractivity contribution in [1.82, 2.24) is 5.43 Å². The Morgan fingerprint density at radius 1 is 1.26 bits per heavy atom. The molecule has 1 aromatic carbocycles. The summed E-state index contributed by atoms with van der Waals surface area (Å²) >= 11 is 4.67. The quantitative estimate of drug-likeness (QED) is 0.457. The lowest BCUT2D eigenvalue weighted by molar-refractivity contribution is 0.745. The monoisotopic (exact) mass is 278 g/mol. The van der Waals surface area contributed by atoms with Crippen LogP contribution in [0.2, 0.25) is 0 Å². The lowest BCUT2D eigenvalue weighted by atomic mass is 10.2. The molecule has 0 bridgehead atoms. The molecule has 0 atom stereocenters. The van der Waals surface area contributed by atoms with E-state index in [4.69, 9.17) is 5.73 Å². The lowest BCUT2D eigenvalue weighted by Gasteiger charge is -2.23. The molecule has 0 spiro atoms. The third-order valence-electron chi connectivity index (χ3n) is 2.63. The van der Waals surface area contributed by atoms with E-state index in [9.17, 15) is 0 Å². The number of nitrogens with one attached hydrogen (secondary N) is 1. The highest BCUT2D eigenvalue weighted by Crippen LogP contribution is 2.15. The predicted molar refractivity (Wildman–Crippen MR) is 86.8 cm³/mol. The maximum atomic E-state index is 5.29. The van der Waals surface area contributed by atoms with E-state index in [2.05, 4.69) is 53.6 Å². The van der Waals surface area contributed by atoms with Crippen LogP contribution in [-0.2, 0) is 0 Å². The Balaban J connectivity index is 2.68. The Bertz CT molecular complexity index is 408. The number of rotatable bonds is 7. The van der Waals surface area contributed by atoms with Gasteiger partial charge >= 0.3 is 0 Å². The Kier molecular flexibility index (Phi) is 6.89. The predicted octanol–water partition coefficient (Wildman–Crippen LogP) is 2.48. The van der Waals surface area contributed by atoms with Crippen LogP contribution in [-0.4, -0.2) is 24.4 Å². The second kappa shape index (κ2) is 8.48. The average molecular weight is 278 g/mol. The molecular weight excluding hydrogens is 256 g/mol. The summed E-state index contributed by atoms with van der Waals surface area (Å²) in [6.07, 6.45) is 4.01. The first kappa shape index (κ1) is 15.4. The van der Waals surface area contributed by atoms with E-state index in [-0.39, 0.29) is 5.11 Å². The average Bonchev–Trinajstić information content (AvgIpc) is 2.39. The van der Waals surface area contributed by atoms with E-state index in [1.807, 2.05) is 12.1 Å². The van der Waals surface area contributed by atoms with Gasteiger partial charge in [0.25, 0.3) is 0 Å². The van der Waals surface area contributed by atoms with E-state index >= 15 is 0 Å². The van der Waals surface area contributed by atoms with Crippen LogP contribution in [0.5, 0.6) is 0 Å². The first-order valence-electron chi connectivity index (χ1n) is 6.60. The molecule has 0 heterocycles. The van der Waals surface area contributed by atoms with Crippen molar-refractivity contribution >= 4 is 29.2 Å². The molecule has 1 rings (SSSR count). The standard InChI is InChI=1S/C14H22N4S/c1-3-9-18(10-4-2)13-7-5-12(6-8-13)11-16-17-14(15)19/h5-8,11H,3-4,9-10H2,1-2H3,(H3,15,17,19)/b16-11+. The summed E-state index contributed by atoms with van der Waals surface area (Å²) in [6, 6.07) is 8.32. The summed E-state index contributed by atoms with van der Waals surface area (Å²) in [5.41, 5.74) is 10.1. The second-order valence-electron chi connectivity index (χ2n) is 4.31. The molecule has 0 fully saturated rings. The summed E-state index contributed by atoms with van der Waals surface area (Å²) in [6.45, 7) is 6.57. The minimum atomic E-state index is 0.171. The van der Waals surface area contributed by atoms with Crippen molar-refractivity contribution in [2.45, 2.75) is 26.7 Å². The molecule has 0 unspecified atom stereocenters. The van der Waals surface area contributed by atoms with Crippen LogP contribution in [0.25, 0.3) is 0 Å². The first-order valence-corrected chi connectivity index (χ1v) is 7.01. The molecule has 0 aliphatic carbocycles. The number of hydrogen-bond acceptors (Lipinski definition) is 3. The lowest BCUT2D eigenvalue weighted by Crippen LogP contribution is -2.24. The van der Waals surface area contributed by atoms with Crippen molar-refractivity contribution in [3.8, 4) is 0 Å². The van der Waals surface area contributed by atoms with Crippen molar-refractivity contribution in [1.29, 1.82) is 0 Å². The Morgan fingerprint density at radius 3 is 2.32 bits per heavy atom. The van der Waals surface area contributed by atoms with Gasteiger partial charge in [-0.25, -0.2) is 0 Å². The van der Waals surface area contributed by atoms with E-state index in [1.54, 1.807) is 6.21 Å². The van der Waals surface area contributed by atoms with Crippen molar-refractivity contribution in [2.24, 2.45) is 10.8 Å². The largest absolute Gasteiger partial charge is 0.375 e. The number of nitrogens with zero attached hydrogens (tertiary/aromatic N) is 2. The molecule has 1 aromatic rings. The summed E-state index contributed by atoms with van der Waals surface area (Å²) in [5, 5.41) is 4.10. The van der Waals surface area contributed by atoms with Crippen LogP contribution in [0.3, 0.4) is 0 Å². The molecule has 0 saturated heterocycles. The van der Waals surface area contributed by atoms with Gasteiger partial charge in [0.1, 0.15) is 0 Å². The molecule has 0 aliphatic heterocycles. The van der Waals surface area contributed by atoms with Gasteiger partial charge in [-0.05, 0) is 42.8 Å². The van der Waals surface area contributed by atoms with E-state index in [0.29, 0.717) is 0 Å². The van der Waals surface area contributed by atoms with Crippen LogP contribution in [0.1, 0.15) is 32.3 Å². The van der Waals surface area contributed by atoms with Crippen LogP contribution in [0.4, 0.5) is 5.69 Å². The van der Waals surface area contributed by atoms with Gasteiger partial charge in [-0.2, -0.15) is 5.10 Å². The number of anilines is 1. The first-order chi connectivity index (χ1) is 9.17. The van der Waals surface area contributed by atoms with Crippen LogP contribution in [0, 0.1) is 0 Å². The van der Waals surface area contributed by atoms with Gasteiger partial charge in [0.15, 0.2) is 5.11 Å². The smallest absolute Gasteiger partial charge is 0.184 e. The third-order valence-corrected chi connectivity index (χ3v) is 2.72. The molecule has 5 heteroatoms. The van der Waals surface area contributed by atoms with E-state index < -0.39 is 0 Å². The Labute approximate surface area is 120 Å². The van der Waals surface area contributed by atoms with Gasteiger partial charge in [-0.1, -0.05) is 26.0 Å². The number of thiocarbonyl (C=S) groups is 1. The van der Waals surface area contributed by atoms with E-state index in [1.165, 1.54) is 5.69 Å². The van der Waals surface area contributed by atoms with Gasteiger partial charge in [0.05, 0.1) is 6.21 Å². The molecule has 3 N–H and O–H groups in total. The van der Waals surface area contributed by atoms with Gasteiger partial charge < -0.3 is 10.6 Å². The van der Waals surface area contributed by atoms with Crippen molar-refractivity contribution in [3.63, 3.8) is 0 Å². The second-order valence-corrected chi connectivity index (χ2v) is 4.75. The van der Waals surface area contributed by atoms with Crippen molar-refractivity contribution in [2.75, 3.05) is 18.0 Å². The number of hydrazone groups is 1. The van der Waals surface area contributed by atoms with Crippen LogP contribution >= 0.6 is 12.2 Å². The van der Waals surface area contributed by atoms with Gasteiger partial charge in [-0.15, -0.1) is 0 Å². The molecular formula is C14H22N4S. The van der Waals surface area contributed by atoms with Crippen LogP contribution < -0.4 is 16.1 Å². The fraction of sp³-hybridized carbons (Fsp3) is 0.429. The molecule has 104 valence electrons. The SMILES string of the molecule is CCCN(CCC)c1ccc(/C=N/NC(N)=S)cc1. The fourth-order valence-corrected chi connectivity index (χ4v) is 1.90. The molecule has 0 aliphatic rings. The van der Waals surface area contributed by atoms with E-state index in [0.717, 1.165) is 31.5 Å².